The Morgan fingerprint density at radius 1 is 0.970 bits per heavy atom. The number of benzene rings is 2. The van der Waals surface area contributed by atoms with Crippen LogP contribution in [0.25, 0.3) is 0 Å². The molecule has 0 saturated carbocycles. The number of carbonyl (C=O) groups excluding carboxylic acids is 1. The maximum Gasteiger partial charge on any atom is 0.248 e. The molecule has 1 aliphatic heterocycles. The highest BCUT2D eigenvalue weighted by Crippen LogP contribution is 2.25. The Hall–Kier alpha value is -2.43. The van der Waals surface area contributed by atoms with Crippen molar-refractivity contribution in [3.63, 3.8) is 0 Å². The average Bonchev–Trinajstić information content (AvgIpc) is 2.78. The number of piperidine rings is 1. The van der Waals surface area contributed by atoms with Gasteiger partial charge in [0.05, 0.1) is 16.8 Å². The molecule has 0 unspecified atom stereocenters. The molecule has 0 spiro atoms. The first-order valence-electron chi connectivity index (χ1n) is 11.0. The molecule has 2 aromatic carbocycles. The summed E-state index contributed by atoms with van der Waals surface area (Å²) in [5.41, 5.74) is 1.78. The molecule has 180 valence electrons. The van der Waals surface area contributed by atoms with Crippen LogP contribution in [-0.2, 0) is 24.8 Å². The van der Waals surface area contributed by atoms with Crippen molar-refractivity contribution in [1.29, 1.82) is 0 Å². The Balaban J connectivity index is 1.80. The summed E-state index contributed by atoms with van der Waals surface area (Å²) in [6.07, 6.45) is 4.06. The number of aryl methyl sites for hydroxylation is 1. The lowest BCUT2D eigenvalue weighted by Crippen LogP contribution is -2.47. The highest BCUT2D eigenvalue weighted by Gasteiger charge is 2.32. The van der Waals surface area contributed by atoms with Crippen LogP contribution in [0.2, 0.25) is 0 Å². The molecular weight excluding hydrogens is 462 g/mol. The van der Waals surface area contributed by atoms with Gasteiger partial charge in [-0.2, -0.15) is 4.31 Å². The molecule has 1 aliphatic rings. The minimum absolute atomic E-state index is 0.173. The third-order valence-electron chi connectivity index (χ3n) is 5.69. The molecule has 3 rings (SSSR count). The second kappa shape index (κ2) is 10.2. The topological polar surface area (TPSA) is 104 Å². The lowest BCUT2D eigenvalue weighted by molar-refractivity contribution is -0.117. The van der Waals surface area contributed by atoms with Gasteiger partial charge in [0.1, 0.15) is 6.04 Å². The number of nitrogens with zero attached hydrogens (tertiary/aromatic N) is 2. The summed E-state index contributed by atoms with van der Waals surface area (Å²) in [7, 11) is -7.30. The number of carbonyl (C=O) groups is 1. The summed E-state index contributed by atoms with van der Waals surface area (Å²) in [5.74, 6) is -0.491. The van der Waals surface area contributed by atoms with Crippen LogP contribution in [0, 0.1) is 6.92 Å². The van der Waals surface area contributed by atoms with E-state index in [0.29, 0.717) is 24.5 Å². The third-order valence-corrected chi connectivity index (χ3v) is 8.79. The van der Waals surface area contributed by atoms with Gasteiger partial charge in [-0.05, 0) is 62.6 Å². The molecule has 0 aromatic heterocycles. The predicted octanol–water partition coefficient (Wildman–Crippen LogP) is 3.35. The number of hydrogen-bond acceptors (Lipinski definition) is 5. The summed E-state index contributed by atoms with van der Waals surface area (Å²) < 4.78 is 53.4. The van der Waals surface area contributed by atoms with Crippen LogP contribution in [0.1, 0.15) is 38.2 Å². The van der Waals surface area contributed by atoms with E-state index in [1.807, 2.05) is 6.92 Å². The monoisotopic (exact) mass is 493 g/mol. The molecule has 0 aliphatic carbocycles. The second-order valence-electron chi connectivity index (χ2n) is 8.30. The highest BCUT2D eigenvalue weighted by molar-refractivity contribution is 7.92. The number of hydrogen-bond donors (Lipinski definition) is 1. The molecule has 0 radical (unpaired) electrons. The SMILES string of the molecule is CC[C@H](C(=O)Nc1ccc(S(=O)(=O)N2CCCCC2)cc1)N(c1ccc(C)cc1)S(C)(=O)=O. The van der Waals surface area contributed by atoms with Crippen LogP contribution in [0.15, 0.2) is 53.4 Å². The van der Waals surface area contributed by atoms with E-state index in [0.717, 1.165) is 35.4 Å². The molecule has 1 heterocycles. The van der Waals surface area contributed by atoms with Crippen LogP contribution in [-0.4, -0.2) is 52.4 Å². The molecule has 1 amide bonds. The van der Waals surface area contributed by atoms with Crippen molar-refractivity contribution in [1.82, 2.24) is 4.31 Å². The summed E-state index contributed by atoms with van der Waals surface area (Å²) in [5, 5.41) is 2.73. The van der Waals surface area contributed by atoms with Gasteiger partial charge in [0.25, 0.3) is 0 Å². The van der Waals surface area contributed by atoms with Gasteiger partial charge < -0.3 is 5.32 Å². The zero-order valence-corrected chi connectivity index (χ0v) is 20.8. The van der Waals surface area contributed by atoms with Crippen molar-refractivity contribution < 1.29 is 21.6 Å². The van der Waals surface area contributed by atoms with Crippen LogP contribution >= 0.6 is 0 Å². The smallest absolute Gasteiger partial charge is 0.248 e. The molecule has 2 aromatic rings. The van der Waals surface area contributed by atoms with Crippen molar-refractivity contribution in [3.05, 3.63) is 54.1 Å². The Morgan fingerprint density at radius 3 is 2.06 bits per heavy atom. The quantitative estimate of drug-likeness (QED) is 0.607. The van der Waals surface area contributed by atoms with Gasteiger partial charge in [-0.1, -0.05) is 31.0 Å². The molecule has 33 heavy (non-hydrogen) atoms. The van der Waals surface area contributed by atoms with Gasteiger partial charge in [-0.25, -0.2) is 16.8 Å². The van der Waals surface area contributed by atoms with Gasteiger partial charge in [0, 0.05) is 18.8 Å². The number of nitrogens with one attached hydrogen (secondary N) is 1. The largest absolute Gasteiger partial charge is 0.324 e. The normalized spacial score (nSPS) is 16.2. The molecule has 1 N–H and O–H groups in total. The van der Waals surface area contributed by atoms with E-state index >= 15 is 0 Å². The van der Waals surface area contributed by atoms with Gasteiger partial charge in [-0.3, -0.25) is 9.10 Å². The van der Waals surface area contributed by atoms with Crippen LogP contribution < -0.4 is 9.62 Å². The van der Waals surface area contributed by atoms with Crippen molar-refractivity contribution in [2.24, 2.45) is 0 Å². The molecule has 1 atom stereocenters. The van der Waals surface area contributed by atoms with E-state index in [-0.39, 0.29) is 11.3 Å². The van der Waals surface area contributed by atoms with Crippen molar-refractivity contribution in [2.75, 3.05) is 29.0 Å². The maximum absolute atomic E-state index is 13.1. The van der Waals surface area contributed by atoms with Crippen LogP contribution in [0.3, 0.4) is 0 Å². The first-order chi connectivity index (χ1) is 15.5. The summed E-state index contributed by atoms with van der Waals surface area (Å²) in [4.78, 5) is 13.2. The second-order valence-corrected chi connectivity index (χ2v) is 12.1. The molecule has 1 fully saturated rings. The van der Waals surface area contributed by atoms with Gasteiger partial charge in [0.2, 0.25) is 26.0 Å². The lowest BCUT2D eigenvalue weighted by atomic mass is 10.1. The maximum atomic E-state index is 13.1. The van der Waals surface area contributed by atoms with E-state index in [9.17, 15) is 21.6 Å². The van der Waals surface area contributed by atoms with Crippen LogP contribution in [0.5, 0.6) is 0 Å². The number of anilines is 2. The Labute approximate surface area is 196 Å². The Bertz CT molecular complexity index is 1170. The molecule has 8 nitrogen and oxygen atoms in total. The lowest BCUT2D eigenvalue weighted by Gasteiger charge is -2.30. The van der Waals surface area contributed by atoms with Crippen molar-refractivity contribution in [3.8, 4) is 0 Å². The van der Waals surface area contributed by atoms with E-state index < -0.39 is 32.0 Å². The fourth-order valence-electron chi connectivity index (χ4n) is 3.94. The Morgan fingerprint density at radius 2 is 1.55 bits per heavy atom. The van der Waals surface area contributed by atoms with Gasteiger partial charge in [0.15, 0.2) is 0 Å². The van der Waals surface area contributed by atoms with E-state index in [1.54, 1.807) is 31.2 Å². The summed E-state index contributed by atoms with van der Waals surface area (Å²) >= 11 is 0. The summed E-state index contributed by atoms with van der Waals surface area (Å²) in [6, 6.07) is 12.0. The van der Waals surface area contributed by atoms with Crippen molar-refractivity contribution in [2.45, 2.75) is 50.5 Å². The van der Waals surface area contributed by atoms with Crippen LogP contribution in [0.4, 0.5) is 11.4 Å². The number of rotatable bonds is 8. The minimum atomic E-state index is -3.73. The third kappa shape index (κ3) is 5.93. The fourth-order valence-corrected chi connectivity index (χ4v) is 6.67. The zero-order chi connectivity index (χ0) is 24.2. The predicted molar refractivity (Wildman–Crippen MR) is 130 cm³/mol. The fraction of sp³-hybridized carbons (Fsp3) is 0.435. The first-order valence-corrected chi connectivity index (χ1v) is 14.3. The standard InChI is InChI=1S/C23H31N3O5S2/c1-4-22(26(32(3,28)29)20-12-8-18(2)9-13-20)23(27)24-19-10-14-21(15-11-19)33(30,31)25-16-6-5-7-17-25/h8-15,22H,4-7,16-17H2,1-3H3,(H,24,27)/t22-/m1/s1. The van der Waals surface area contributed by atoms with Gasteiger partial charge in [-0.15, -0.1) is 0 Å². The number of amides is 1. The molecule has 0 bridgehead atoms. The van der Waals surface area contributed by atoms with Gasteiger partial charge >= 0.3 is 0 Å². The molecule has 1 saturated heterocycles. The van der Waals surface area contributed by atoms with E-state index in [2.05, 4.69) is 5.32 Å². The minimum Gasteiger partial charge on any atom is -0.324 e. The molecular formula is C23H31N3O5S2. The Kier molecular flexibility index (Phi) is 7.81. The van der Waals surface area contributed by atoms with E-state index in [4.69, 9.17) is 0 Å². The summed E-state index contributed by atoms with van der Waals surface area (Å²) in [6.45, 7) is 4.66. The number of sulfonamides is 2. The average molecular weight is 494 g/mol. The first kappa shape index (κ1) is 25.2. The zero-order valence-electron chi connectivity index (χ0n) is 19.2. The van der Waals surface area contributed by atoms with E-state index in [1.165, 1.54) is 28.6 Å². The van der Waals surface area contributed by atoms with Crippen molar-refractivity contribution >= 4 is 37.3 Å². The highest BCUT2D eigenvalue weighted by atomic mass is 32.2. The molecule has 10 heteroatoms.